The van der Waals surface area contributed by atoms with Gasteiger partial charge in [-0.15, -0.1) is 0 Å². The first kappa shape index (κ1) is 13.7. The quantitative estimate of drug-likeness (QED) is 0.780. The molecule has 0 heterocycles. The molecular weight excluding hydrogens is 229 g/mol. The molecule has 17 heavy (non-hydrogen) atoms. The number of carbonyl (C=O) groups excluding carboxylic acids is 1. The van der Waals surface area contributed by atoms with Crippen molar-refractivity contribution in [3.63, 3.8) is 0 Å². The number of carboxylic acid groups (broad SMARTS) is 1. The second-order valence-electron chi connectivity index (χ2n) is 5.35. The molecule has 2 atom stereocenters. The Balaban J connectivity index is 2.69. The lowest BCUT2D eigenvalue weighted by Gasteiger charge is -2.27. The van der Waals surface area contributed by atoms with E-state index in [9.17, 15) is 14.0 Å². The Morgan fingerprint density at radius 1 is 1.47 bits per heavy atom. The van der Waals surface area contributed by atoms with Gasteiger partial charge in [-0.3, -0.25) is 0 Å². The number of alkyl halides is 1. The van der Waals surface area contributed by atoms with Crippen molar-refractivity contribution in [2.45, 2.75) is 57.3 Å². The molecule has 2 N–H and O–H groups in total. The summed E-state index contributed by atoms with van der Waals surface area (Å²) in [5, 5.41) is 11.4. The van der Waals surface area contributed by atoms with Gasteiger partial charge in [0.05, 0.1) is 0 Å². The Morgan fingerprint density at radius 2 is 2.06 bits per heavy atom. The molecule has 0 unspecified atom stereocenters. The van der Waals surface area contributed by atoms with E-state index in [1.165, 1.54) is 0 Å². The van der Waals surface area contributed by atoms with E-state index >= 15 is 0 Å². The van der Waals surface area contributed by atoms with Gasteiger partial charge >= 0.3 is 12.1 Å². The van der Waals surface area contributed by atoms with Crippen LogP contribution in [-0.2, 0) is 9.53 Å². The SMILES string of the molecule is CC(C)(C)OC(=O)N[C@]1(C(=O)O)CC[C@H](F)C1. The first-order chi connectivity index (χ1) is 7.65. The molecule has 0 spiro atoms. The maximum Gasteiger partial charge on any atom is 0.408 e. The fourth-order valence-corrected chi connectivity index (χ4v) is 1.85. The number of carboxylic acids is 1. The highest BCUT2D eigenvalue weighted by molar-refractivity contribution is 5.84. The highest BCUT2D eigenvalue weighted by atomic mass is 19.1. The van der Waals surface area contributed by atoms with Gasteiger partial charge in [0.1, 0.15) is 17.3 Å². The number of ether oxygens (including phenoxy) is 1. The van der Waals surface area contributed by atoms with Crippen LogP contribution in [0.1, 0.15) is 40.0 Å². The van der Waals surface area contributed by atoms with Crippen molar-refractivity contribution < 1.29 is 23.8 Å². The minimum absolute atomic E-state index is 0.0861. The zero-order valence-corrected chi connectivity index (χ0v) is 10.2. The van der Waals surface area contributed by atoms with Crippen molar-refractivity contribution in [2.24, 2.45) is 0 Å². The summed E-state index contributed by atoms with van der Waals surface area (Å²) in [6.07, 6.45) is -2.00. The van der Waals surface area contributed by atoms with Crippen molar-refractivity contribution in [2.75, 3.05) is 0 Å². The van der Waals surface area contributed by atoms with E-state index in [4.69, 9.17) is 9.84 Å². The van der Waals surface area contributed by atoms with Gasteiger partial charge in [-0.05, 0) is 33.6 Å². The van der Waals surface area contributed by atoms with E-state index in [1.807, 2.05) is 0 Å². The number of halogens is 1. The zero-order chi connectivity index (χ0) is 13.3. The first-order valence-electron chi connectivity index (χ1n) is 5.53. The minimum atomic E-state index is -1.53. The van der Waals surface area contributed by atoms with E-state index < -0.39 is 29.4 Å². The molecule has 6 heteroatoms. The molecule has 1 amide bonds. The number of hydrogen-bond acceptors (Lipinski definition) is 3. The highest BCUT2D eigenvalue weighted by Gasteiger charge is 2.47. The predicted octanol–water partition coefficient (Wildman–Crippen LogP) is 1.86. The number of hydrogen-bond donors (Lipinski definition) is 2. The fourth-order valence-electron chi connectivity index (χ4n) is 1.85. The molecule has 0 aromatic heterocycles. The van der Waals surface area contributed by atoms with Crippen molar-refractivity contribution in [1.29, 1.82) is 0 Å². The Morgan fingerprint density at radius 3 is 2.41 bits per heavy atom. The van der Waals surface area contributed by atoms with Crippen LogP contribution in [-0.4, -0.2) is 34.5 Å². The molecule has 98 valence electrons. The summed E-state index contributed by atoms with van der Waals surface area (Å²) < 4.78 is 18.1. The topological polar surface area (TPSA) is 75.6 Å². The van der Waals surface area contributed by atoms with Crippen LogP contribution in [0.3, 0.4) is 0 Å². The smallest absolute Gasteiger partial charge is 0.408 e. The zero-order valence-electron chi connectivity index (χ0n) is 10.2. The molecule has 0 aliphatic heterocycles. The van der Waals surface area contributed by atoms with Crippen LogP contribution in [0.2, 0.25) is 0 Å². The molecule has 1 fully saturated rings. The van der Waals surface area contributed by atoms with Gasteiger partial charge in [0.15, 0.2) is 0 Å². The molecule has 0 saturated heterocycles. The number of rotatable bonds is 2. The van der Waals surface area contributed by atoms with Crippen molar-refractivity contribution in [3.05, 3.63) is 0 Å². The standard InChI is InChI=1S/C11H18FNO4/c1-10(2,3)17-9(16)13-11(8(14)15)5-4-7(12)6-11/h7H,4-6H2,1-3H3,(H,13,16)(H,14,15)/t7-,11+/m0/s1. The normalized spacial score (nSPS) is 28.8. The van der Waals surface area contributed by atoms with E-state index in [0.29, 0.717) is 0 Å². The minimum Gasteiger partial charge on any atom is -0.480 e. The third-order valence-electron chi connectivity index (χ3n) is 2.60. The molecule has 1 aliphatic rings. The fraction of sp³-hybridized carbons (Fsp3) is 0.818. The molecule has 0 bridgehead atoms. The summed E-state index contributed by atoms with van der Waals surface area (Å²) in [5.41, 5.74) is -2.24. The largest absolute Gasteiger partial charge is 0.480 e. The number of nitrogens with one attached hydrogen (secondary N) is 1. The van der Waals surface area contributed by atoms with E-state index in [2.05, 4.69) is 5.32 Å². The van der Waals surface area contributed by atoms with Crippen LogP contribution in [0.15, 0.2) is 0 Å². The number of alkyl carbamates (subject to hydrolysis) is 1. The van der Waals surface area contributed by atoms with E-state index in [0.717, 1.165) is 0 Å². The number of aliphatic carboxylic acids is 1. The van der Waals surface area contributed by atoms with Gasteiger partial charge in [0, 0.05) is 6.42 Å². The maximum atomic E-state index is 13.1. The lowest BCUT2D eigenvalue weighted by atomic mass is 9.98. The van der Waals surface area contributed by atoms with Crippen molar-refractivity contribution >= 4 is 12.1 Å². The van der Waals surface area contributed by atoms with E-state index in [1.54, 1.807) is 20.8 Å². The van der Waals surface area contributed by atoms with Crippen LogP contribution in [0, 0.1) is 0 Å². The molecule has 0 aromatic carbocycles. The van der Waals surface area contributed by atoms with Gasteiger partial charge in [-0.2, -0.15) is 0 Å². The van der Waals surface area contributed by atoms with Crippen LogP contribution < -0.4 is 5.32 Å². The Labute approximate surface area is 99.3 Å². The molecule has 5 nitrogen and oxygen atoms in total. The Hall–Kier alpha value is -1.33. The average Bonchev–Trinajstić information content (AvgIpc) is 2.44. The second kappa shape index (κ2) is 4.50. The highest BCUT2D eigenvalue weighted by Crippen LogP contribution is 2.32. The maximum absolute atomic E-state index is 13.1. The molecule has 1 rings (SSSR count). The molecule has 1 saturated carbocycles. The summed E-state index contributed by atoms with van der Waals surface area (Å²) in [4.78, 5) is 22.6. The Bertz CT molecular complexity index is 326. The molecule has 0 radical (unpaired) electrons. The number of amides is 1. The van der Waals surface area contributed by atoms with Gasteiger partial charge < -0.3 is 15.2 Å². The van der Waals surface area contributed by atoms with Crippen molar-refractivity contribution in [1.82, 2.24) is 5.32 Å². The van der Waals surface area contributed by atoms with Crippen LogP contribution >= 0.6 is 0 Å². The van der Waals surface area contributed by atoms with Crippen LogP contribution in [0.25, 0.3) is 0 Å². The van der Waals surface area contributed by atoms with Crippen LogP contribution in [0.4, 0.5) is 9.18 Å². The first-order valence-corrected chi connectivity index (χ1v) is 5.53. The molecule has 1 aliphatic carbocycles. The predicted molar refractivity (Wildman–Crippen MR) is 58.5 cm³/mol. The Kier molecular flexibility index (Phi) is 3.64. The molecular formula is C11H18FNO4. The van der Waals surface area contributed by atoms with Crippen LogP contribution in [0.5, 0.6) is 0 Å². The summed E-state index contributed by atoms with van der Waals surface area (Å²) in [6, 6.07) is 0. The summed E-state index contributed by atoms with van der Waals surface area (Å²) in [5.74, 6) is -1.22. The molecule has 0 aromatic rings. The summed E-state index contributed by atoms with van der Waals surface area (Å²) in [6.45, 7) is 5.02. The summed E-state index contributed by atoms with van der Waals surface area (Å²) >= 11 is 0. The second-order valence-corrected chi connectivity index (χ2v) is 5.35. The lowest BCUT2D eigenvalue weighted by Crippen LogP contribution is -2.54. The van der Waals surface area contributed by atoms with Crippen molar-refractivity contribution in [3.8, 4) is 0 Å². The van der Waals surface area contributed by atoms with E-state index in [-0.39, 0.29) is 19.3 Å². The van der Waals surface area contributed by atoms with Gasteiger partial charge in [-0.25, -0.2) is 14.0 Å². The average molecular weight is 247 g/mol. The van der Waals surface area contributed by atoms with Gasteiger partial charge in [-0.1, -0.05) is 0 Å². The van der Waals surface area contributed by atoms with Gasteiger partial charge in [0.2, 0.25) is 0 Å². The lowest BCUT2D eigenvalue weighted by molar-refractivity contribution is -0.144. The number of carbonyl (C=O) groups is 2. The monoisotopic (exact) mass is 247 g/mol. The van der Waals surface area contributed by atoms with Gasteiger partial charge in [0.25, 0.3) is 0 Å². The third-order valence-corrected chi connectivity index (χ3v) is 2.60. The summed E-state index contributed by atoms with van der Waals surface area (Å²) in [7, 11) is 0. The third kappa shape index (κ3) is 3.57.